The van der Waals surface area contributed by atoms with E-state index in [1.54, 1.807) is 13.8 Å². The van der Waals surface area contributed by atoms with Crippen LogP contribution in [0.2, 0.25) is 0 Å². The van der Waals surface area contributed by atoms with E-state index in [4.69, 9.17) is 10.8 Å². The third-order valence-electron chi connectivity index (χ3n) is 4.48. The maximum absolute atomic E-state index is 12.9. The lowest BCUT2D eigenvalue weighted by molar-refractivity contribution is -0.143. The molecule has 0 bridgehead atoms. The van der Waals surface area contributed by atoms with Crippen molar-refractivity contribution in [1.29, 1.82) is 0 Å². The molecular weight excluding hydrogens is 440 g/mol. The maximum atomic E-state index is 12.9. The Balaban J connectivity index is 5.53. The fourth-order valence-electron chi connectivity index (χ4n) is 2.84. The second-order valence-electron chi connectivity index (χ2n) is 8.50. The Bertz CT molecular complexity index is 672. The molecule has 0 aromatic carbocycles. The second kappa shape index (κ2) is 14.7. The zero-order valence-electron chi connectivity index (χ0n) is 19.0. The smallest absolute Gasteiger partial charge is 0.326 e. The third kappa shape index (κ3) is 11.9. The van der Waals surface area contributed by atoms with Crippen molar-refractivity contribution in [2.75, 3.05) is 5.75 Å². The van der Waals surface area contributed by atoms with Gasteiger partial charge in [0.2, 0.25) is 17.7 Å². The van der Waals surface area contributed by atoms with Crippen molar-refractivity contribution in [2.24, 2.45) is 17.6 Å². The first-order valence-electron chi connectivity index (χ1n) is 10.5. The summed E-state index contributed by atoms with van der Waals surface area (Å²) in [4.78, 5) is 60.2. The summed E-state index contributed by atoms with van der Waals surface area (Å²) in [6.07, 6.45) is -0.269. The molecule has 0 aliphatic heterocycles. The van der Waals surface area contributed by atoms with Gasteiger partial charge in [0, 0.05) is 12.2 Å². The molecule has 0 radical (unpaired) electrons. The topological polar surface area (TPSA) is 188 Å². The quantitative estimate of drug-likeness (QED) is 0.157. The molecule has 32 heavy (non-hydrogen) atoms. The number of amides is 3. The van der Waals surface area contributed by atoms with E-state index in [9.17, 15) is 29.1 Å². The molecule has 4 atom stereocenters. The number of carboxylic acid groups (broad SMARTS) is 2. The Hall–Kier alpha value is -2.34. The van der Waals surface area contributed by atoms with Gasteiger partial charge in [0.1, 0.15) is 18.1 Å². The van der Waals surface area contributed by atoms with Gasteiger partial charge in [-0.25, -0.2) is 4.79 Å². The van der Waals surface area contributed by atoms with Crippen molar-refractivity contribution < 1.29 is 34.2 Å². The molecule has 11 nitrogen and oxygen atoms in total. The van der Waals surface area contributed by atoms with Crippen molar-refractivity contribution in [2.45, 2.75) is 77.5 Å². The minimum Gasteiger partial charge on any atom is -0.481 e. The van der Waals surface area contributed by atoms with Crippen molar-refractivity contribution >= 4 is 42.3 Å². The molecule has 0 aliphatic carbocycles. The number of nitrogens with one attached hydrogen (secondary N) is 3. The molecule has 4 unspecified atom stereocenters. The second-order valence-corrected chi connectivity index (χ2v) is 8.87. The number of carbonyl (C=O) groups is 5. The van der Waals surface area contributed by atoms with Crippen LogP contribution >= 0.6 is 12.6 Å². The highest BCUT2D eigenvalue weighted by atomic mass is 32.1. The average Bonchev–Trinajstić information content (AvgIpc) is 2.67. The van der Waals surface area contributed by atoms with Gasteiger partial charge in [-0.05, 0) is 31.1 Å². The number of nitrogens with two attached hydrogens (primary N) is 1. The van der Waals surface area contributed by atoms with Crippen LogP contribution in [-0.2, 0) is 24.0 Å². The molecule has 0 aromatic heterocycles. The van der Waals surface area contributed by atoms with Crippen LogP contribution in [0.5, 0.6) is 0 Å². The van der Waals surface area contributed by atoms with Crippen LogP contribution in [0, 0.1) is 11.8 Å². The normalized spacial score (nSPS) is 14.9. The van der Waals surface area contributed by atoms with Gasteiger partial charge in [0.25, 0.3) is 0 Å². The van der Waals surface area contributed by atoms with Crippen LogP contribution in [0.4, 0.5) is 0 Å². The van der Waals surface area contributed by atoms with Crippen LogP contribution in [0.3, 0.4) is 0 Å². The van der Waals surface area contributed by atoms with Gasteiger partial charge in [-0.2, -0.15) is 12.6 Å². The highest BCUT2D eigenvalue weighted by Crippen LogP contribution is 2.09. The van der Waals surface area contributed by atoms with Crippen molar-refractivity contribution in [3.63, 3.8) is 0 Å². The Kier molecular flexibility index (Phi) is 13.6. The number of aliphatic carboxylic acids is 2. The summed E-state index contributed by atoms with van der Waals surface area (Å²) in [6, 6.07) is -4.43. The van der Waals surface area contributed by atoms with Crippen LogP contribution in [0.15, 0.2) is 0 Å². The van der Waals surface area contributed by atoms with Crippen molar-refractivity contribution in [3.8, 4) is 0 Å². The zero-order chi connectivity index (χ0) is 25.0. The lowest BCUT2D eigenvalue weighted by Gasteiger charge is -2.26. The SMILES string of the molecule is CC(C)CC(NC(=O)C(CCC(=O)O)NC(=O)C(CC(C)C)NC(=O)C(N)CS)C(=O)O. The minimum absolute atomic E-state index is 0.00649. The van der Waals surface area contributed by atoms with E-state index in [0.717, 1.165) is 0 Å². The molecule has 0 rings (SSSR count). The number of hydrogen-bond acceptors (Lipinski definition) is 7. The fourth-order valence-corrected chi connectivity index (χ4v) is 3.00. The fraction of sp³-hybridized carbons (Fsp3) is 0.750. The van der Waals surface area contributed by atoms with Crippen molar-refractivity contribution in [1.82, 2.24) is 16.0 Å². The van der Waals surface area contributed by atoms with Gasteiger partial charge < -0.3 is 31.9 Å². The first-order valence-corrected chi connectivity index (χ1v) is 11.1. The molecule has 0 heterocycles. The Labute approximate surface area is 193 Å². The highest BCUT2D eigenvalue weighted by Gasteiger charge is 2.31. The van der Waals surface area contributed by atoms with Crippen LogP contribution in [0.1, 0.15) is 53.4 Å². The maximum Gasteiger partial charge on any atom is 0.326 e. The van der Waals surface area contributed by atoms with E-state index >= 15 is 0 Å². The van der Waals surface area contributed by atoms with E-state index in [1.807, 2.05) is 13.8 Å². The van der Waals surface area contributed by atoms with E-state index in [1.165, 1.54) is 0 Å². The molecule has 12 heteroatoms. The van der Waals surface area contributed by atoms with Crippen LogP contribution < -0.4 is 21.7 Å². The number of carbonyl (C=O) groups excluding carboxylic acids is 3. The number of rotatable bonds is 15. The summed E-state index contributed by atoms with van der Waals surface area (Å²) in [5.74, 6) is -4.46. The Morgan fingerprint density at radius 2 is 1.22 bits per heavy atom. The first-order chi connectivity index (χ1) is 14.8. The summed E-state index contributed by atoms with van der Waals surface area (Å²) < 4.78 is 0. The summed E-state index contributed by atoms with van der Waals surface area (Å²) in [6.45, 7) is 7.26. The number of hydrogen-bond donors (Lipinski definition) is 7. The molecular formula is C20H36N4O7S. The molecule has 0 saturated carbocycles. The van der Waals surface area contributed by atoms with Crippen LogP contribution in [0.25, 0.3) is 0 Å². The Morgan fingerprint density at radius 3 is 1.66 bits per heavy atom. The minimum atomic E-state index is -1.29. The van der Waals surface area contributed by atoms with Crippen LogP contribution in [-0.4, -0.2) is 69.8 Å². The van der Waals surface area contributed by atoms with Crippen molar-refractivity contribution in [3.05, 3.63) is 0 Å². The molecule has 0 spiro atoms. The molecule has 0 aliphatic rings. The van der Waals surface area contributed by atoms with E-state index in [0.29, 0.717) is 0 Å². The summed E-state index contributed by atoms with van der Waals surface area (Å²) in [7, 11) is 0. The van der Waals surface area contributed by atoms with Gasteiger partial charge in [-0.3, -0.25) is 19.2 Å². The highest BCUT2D eigenvalue weighted by molar-refractivity contribution is 7.80. The number of carboxylic acids is 2. The average molecular weight is 477 g/mol. The summed E-state index contributed by atoms with van der Waals surface area (Å²) >= 11 is 3.96. The van der Waals surface area contributed by atoms with E-state index in [2.05, 4.69) is 28.6 Å². The Morgan fingerprint density at radius 1 is 0.781 bits per heavy atom. The predicted octanol–water partition coefficient (Wildman–Crippen LogP) is -0.260. The number of thiol groups is 1. The monoisotopic (exact) mass is 476 g/mol. The van der Waals surface area contributed by atoms with Gasteiger partial charge in [0.15, 0.2) is 0 Å². The van der Waals surface area contributed by atoms with Gasteiger partial charge >= 0.3 is 11.9 Å². The third-order valence-corrected chi connectivity index (χ3v) is 4.87. The van der Waals surface area contributed by atoms with Gasteiger partial charge in [-0.15, -0.1) is 0 Å². The molecule has 3 amide bonds. The summed E-state index contributed by atoms with van der Waals surface area (Å²) in [5.41, 5.74) is 5.64. The van der Waals surface area contributed by atoms with Gasteiger partial charge in [0.05, 0.1) is 6.04 Å². The predicted molar refractivity (Wildman–Crippen MR) is 121 cm³/mol. The largest absolute Gasteiger partial charge is 0.481 e. The molecule has 7 N–H and O–H groups in total. The zero-order valence-corrected chi connectivity index (χ0v) is 19.9. The first kappa shape index (κ1) is 29.7. The lowest BCUT2D eigenvalue weighted by Crippen LogP contribution is -2.57. The van der Waals surface area contributed by atoms with E-state index < -0.39 is 60.2 Å². The molecule has 184 valence electrons. The molecule has 0 saturated heterocycles. The van der Waals surface area contributed by atoms with E-state index in [-0.39, 0.29) is 36.9 Å². The van der Waals surface area contributed by atoms with Gasteiger partial charge in [-0.1, -0.05) is 27.7 Å². The molecule has 0 aromatic rings. The lowest BCUT2D eigenvalue weighted by atomic mass is 10.0. The summed E-state index contributed by atoms with van der Waals surface area (Å²) in [5, 5.41) is 25.7. The standard InChI is InChI=1S/C20H36N4O7S/c1-10(2)7-14(23-17(27)12(21)9-32)19(29)22-13(5-6-16(25)26)18(28)24-15(20(30)31)8-11(3)4/h10-15,32H,5-9,21H2,1-4H3,(H,22,29)(H,23,27)(H,24,28)(H,25,26)(H,30,31). The molecule has 0 fully saturated rings.